The van der Waals surface area contributed by atoms with Crippen LogP contribution in [0.3, 0.4) is 0 Å². The van der Waals surface area contributed by atoms with Crippen molar-refractivity contribution in [2.24, 2.45) is 23.7 Å². The van der Waals surface area contributed by atoms with Crippen molar-refractivity contribution in [1.82, 2.24) is 5.32 Å². The highest BCUT2D eigenvalue weighted by molar-refractivity contribution is 5.73. The first-order valence-corrected chi connectivity index (χ1v) is 7.09. The van der Waals surface area contributed by atoms with Crippen molar-refractivity contribution >= 4 is 5.97 Å². The Morgan fingerprint density at radius 1 is 1.35 bits per heavy atom. The van der Waals surface area contributed by atoms with Gasteiger partial charge in [-0.15, -0.1) is 0 Å². The van der Waals surface area contributed by atoms with E-state index >= 15 is 0 Å². The molecule has 1 N–H and O–H groups in total. The summed E-state index contributed by atoms with van der Waals surface area (Å²) in [5, 5.41) is 3.37. The normalized spacial score (nSPS) is 38.0. The summed E-state index contributed by atoms with van der Waals surface area (Å²) < 4.78 is 5.19. The van der Waals surface area contributed by atoms with Crippen LogP contribution in [-0.2, 0) is 9.53 Å². The number of esters is 1. The number of carbonyl (C=O) groups excluding carboxylic acids is 1. The van der Waals surface area contributed by atoms with E-state index in [9.17, 15) is 4.79 Å². The fraction of sp³-hybridized carbons (Fsp3) is 0.929. The van der Waals surface area contributed by atoms with Gasteiger partial charge in [-0.3, -0.25) is 4.79 Å². The van der Waals surface area contributed by atoms with Gasteiger partial charge in [0.25, 0.3) is 0 Å². The molecule has 0 amide bonds. The number of carbonyl (C=O) groups is 1. The minimum atomic E-state index is 0.0146. The zero-order valence-electron chi connectivity index (χ0n) is 11.1. The van der Waals surface area contributed by atoms with Gasteiger partial charge in [0.15, 0.2) is 0 Å². The smallest absolute Gasteiger partial charge is 0.310 e. The van der Waals surface area contributed by atoms with Crippen molar-refractivity contribution in [3.8, 4) is 0 Å². The van der Waals surface area contributed by atoms with Gasteiger partial charge in [-0.2, -0.15) is 0 Å². The van der Waals surface area contributed by atoms with Crippen LogP contribution in [0.1, 0.15) is 39.5 Å². The summed E-state index contributed by atoms with van der Waals surface area (Å²) in [6.45, 7) is 6.55. The van der Waals surface area contributed by atoms with E-state index in [0.717, 1.165) is 24.9 Å². The molecule has 1 saturated carbocycles. The van der Waals surface area contributed by atoms with E-state index in [1.165, 1.54) is 25.7 Å². The fourth-order valence-electron chi connectivity index (χ4n) is 3.57. The third-order valence-corrected chi connectivity index (χ3v) is 4.43. The van der Waals surface area contributed by atoms with Crippen LogP contribution in [-0.4, -0.2) is 25.7 Å². The lowest BCUT2D eigenvalue weighted by Gasteiger charge is -2.33. The first kappa shape index (κ1) is 12.9. The Morgan fingerprint density at radius 2 is 2.18 bits per heavy atom. The number of hydrogen-bond donors (Lipinski definition) is 1. The largest absolute Gasteiger partial charge is 0.466 e. The molecule has 4 unspecified atom stereocenters. The minimum Gasteiger partial charge on any atom is -0.466 e. The highest BCUT2D eigenvalue weighted by Gasteiger charge is 2.39. The van der Waals surface area contributed by atoms with Crippen molar-refractivity contribution in [1.29, 1.82) is 0 Å². The zero-order chi connectivity index (χ0) is 12.3. The molecular formula is C14H25NO2. The van der Waals surface area contributed by atoms with Gasteiger partial charge >= 0.3 is 5.97 Å². The molecule has 1 saturated heterocycles. The lowest BCUT2D eigenvalue weighted by atomic mass is 9.72. The monoisotopic (exact) mass is 239 g/mol. The quantitative estimate of drug-likeness (QED) is 0.767. The maximum Gasteiger partial charge on any atom is 0.310 e. The van der Waals surface area contributed by atoms with Crippen LogP contribution >= 0.6 is 0 Å². The van der Waals surface area contributed by atoms with Crippen LogP contribution in [0, 0.1) is 23.7 Å². The molecule has 2 aliphatic rings. The third-order valence-electron chi connectivity index (χ3n) is 4.43. The van der Waals surface area contributed by atoms with Crippen molar-refractivity contribution in [2.75, 3.05) is 19.7 Å². The van der Waals surface area contributed by atoms with E-state index in [1.54, 1.807) is 0 Å². The molecule has 0 bridgehead atoms. The zero-order valence-corrected chi connectivity index (χ0v) is 11.1. The van der Waals surface area contributed by atoms with E-state index in [0.29, 0.717) is 12.5 Å². The third kappa shape index (κ3) is 3.01. The van der Waals surface area contributed by atoms with Gasteiger partial charge in [0.2, 0.25) is 0 Å². The average Bonchev–Trinajstić information content (AvgIpc) is 2.78. The second kappa shape index (κ2) is 5.85. The Hall–Kier alpha value is -0.570. The summed E-state index contributed by atoms with van der Waals surface area (Å²) >= 11 is 0. The second-order valence-corrected chi connectivity index (χ2v) is 5.71. The fourth-order valence-corrected chi connectivity index (χ4v) is 3.57. The van der Waals surface area contributed by atoms with Gasteiger partial charge in [0.1, 0.15) is 0 Å². The predicted octanol–water partition coefficient (Wildman–Crippen LogP) is 2.21. The molecule has 2 rings (SSSR count). The predicted molar refractivity (Wildman–Crippen MR) is 67.6 cm³/mol. The van der Waals surface area contributed by atoms with Crippen LogP contribution in [0.15, 0.2) is 0 Å². The number of nitrogens with one attached hydrogen (secondary N) is 1. The lowest BCUT2D eigenvalue weighted by molar-refractivity contribution is -0.149. The van der Waals surface area contributed by atoms with Gasteiger partial charge in [-0.05, 0) is 37.6 Å². The molecule has 1 aliphatic carbocycles. The maximum atomic E-state index is 11.9. The molecule has 1 aliphatic heterocycles. The summed E-state index contributed by atoms with van der Waals surface area (Å²) in [5.74, 6) is 2.18. The van der Waals surface area contributed by atoms with Crippen molar-refractivity contribution in [2.45, 2.75) is 39.5 Å². The topological polar surface area (TPSA) is 38.3 Å². The summed E-state index contributed by atoms with van der Waals surface area (Å²) in [6, 6.07) is 0. The first-order chi connectivity index (χ1) is 8.22. The molecule has 98 valence electrons. The first-order valence-electron chi connectivity index (χ1n) is 7.09. The number of rotatable bonds is 3. The molecular weight excluding hydrogens is 214 g/mol. The Balaban J connectivity index is 1.96. The average molecular weight is 239 g/mol. The van der Waals surface area contributed by atoms with E-state index in [2.05, 4.69) is 12.2 Å². The van der Waals surface area contributed by atoms with Crippen molar-refractivity contribution in [3.63, 3.8) is 0 Å². The molecule has 4 atom stereocenters. The molecule has 3 heteroatoms. The van der Waals surface area contributed by atoms with Crippen LogP contribution in [0.2, 0.25) is 0 Å². The van der Waals surface area contributed by atoms with E-state index in [4.69, 9.17) is 4.74 Å². The van der Waals surface area contributed by atoms with Crippen LogP contribution in [0.25, 0.3) is 0 Å². The Kier molecular flexibility index (Phi) is 4.43. The minimum absolute atomic E-state index is 0.0146. The summed E-state index contributed by atoms with van der Waals surface area (Å²) in [6.07, 6.45) is 5.29. The van der Waals surface area contributed by atoms with Gasteiger partial charge in [0.05, 0.1) is 12.5 Å². The Labute approximate surface area is 104 Å². The Morgan fingerprint density at radius 3 is 2.88 bits per heavy atom. The lowest BCUT2D eigenvalue weighted by Crippen LogP contribution is -2.32. The van der Waals surface area contributed by atoms with Crippen LogP contribution in [0.5, 0.6) is 0 Å². The number of ether oxygens (including phenoxy) is 1. The van der Waals surface area contributed by atoms with E-state index < -0.39 is 0 Å². The van der Waals surface area contributed by atoms with E-state index in [-0.39, 0.29) is 11.9 Å². The SMILES string of the molecule is CCOC(=O)C1CNCC1C1CCCC(C)C1. The molecule has 2 fully saturated rings. The van der Waals surface area contributed by atoms with Crippen LogP contribution < -0.4 is 5.32 Å². The molecule has 0 aromatic carbocycles. The molecule has 0 aromatic rings. The second-order valence-electron chi connectivity index (χ2n) is 5.71. The summed E-state index contributed by atoms with van der Waals surface area (Å²) in [7, 11) is 0. The van der Waals surface area contributed by atoms with Gasteiger partial charge in [0, 0.05) is 6.54 Å². The standard InChI is InChI=1S/C14H25NO2/c1-3-17-14(16)13-9-15-8-12(13)11-6-4-5-10(2)7-11/h10-13,15H,3-9H2,1-2H3. The molecule has 0 radical (unpaired) electrons. The highest BCUT2D eigenvalue weighted by Crippen LogP contribution is 2.38. The van der Waals surface area contributed by atoms with Gasteiger partial charge < -0.3 is 10.1 Å². The van der Waals surface area contributed by atoms with Gasteiger partial charge in [-0.25, -0.2) is 0 Å². The van der Waals surface area contributed by atoms with Crippen molar-refractivity contribution < 1.29 is 9.53 Å². The molecule has 1 heterocycles. The molecule has 0 spiro atoms. The summed E-state index contributed by atoms with van der Waals surface area (Å²) in [4.78, 5) is 11.9. The molecule has 0 aromatic heterocycles. The highest BCUT2D eigenvalue weighted by atomic mass is 16.5. The molecule has 17 heavy (non-hydrogen) atoms. The molecule has 3 nitrogen and oxygen atoms in total. The van der Waals surface area contributed by atoms with Gasteiger partial charge in [-0.1, -0.05) is 26.2 Å². The van der Waals surface area contributed by atoms with Crippen molar-refractivity contribution in [3.05, 3.63) is 0 Å². The Bertz CT molecular complexity index is 267. The summed E-state index contributed by atoms with van der Waals surface area (Å²) in [5.41, 5.74) is 0. The number of hydrogen-bond acceptors (Lipinski definition) is 3. The van der Waals surface area contributed by atoms with Crippen LogP contribution in [0.4, 0.5) is 0 Å². The maximum absolute atomic E-state index is 11.9. The van der Waals surface area contributed by atoms with E-state index in [1.807, 2.05) is 6.92 Å².